The van der Waals surface area contributed by atoms with Crippen LogP contribution in [0.25, 0.3) is 0 Å². The summed E-state index contributed by atoms with van der Waals surface area (Å²) in [5.41, 5.74) is -4.21. The largest absolute Gasteiger partial charge is 0.522 e. The van der Waals surface area contributed by atoms with E-state index in [1.54, 1.807) is 0 Å². The first-order valence-electron chi connectivity index (χ1n) is 3.80. The van der Waals surface area contributed by atoms with E-state index in [0.29, 0.717) is 0 Å². The van der Waals surface area contributed by atoms with Crippen molar-refractivity contribution >= 4 is 32.7 Å². The van der Waals surface area contributed by atoms with Crippen molar-refractivity contribution in [1.82, 2.24) is 0 Å². The van der Waals surface area contributed by atoms with Crippen LogP contribution in [0.3, 0.4) is 0 Å². The summed E-state index contributed by atoms with van der Waals surface area (Å²) in [6.07, 6.45) is 0. The van der Waals surface area contributed by atoms with Crippen LogP contribution in [-0.2, 0) is 10.1 Å². The van der Waals surface area contributed by atoms with E-state index in [4.69, 9.17) is 13.0 Å². The molecule has 0 spiro atoms. The predicted octanol–water partition coefficient (Wildman–Crippen LogP) is 2.99. The van der Waals surface area contributed by atoms with Gasteiger partial charge in [-0.25, -0.2) is 0 Å². The lowest BCUT2D eigenvalue weighted by Gasteiger charge is -1.97. The highest BCUT2D eigenvalue weighted by atomic mass is 127. The quantitative estimate of drug-likeness (QED) is 0.435. The summed E-state index contributed by atoms with van der Waals surface area (Å²) in [6, 6.07) is 8.44. The molecule has 16 heavy (non-hydrogen) atoms. The molecule has 0 fully saturated rings. The molecule has 0 atom stereocenters. The normalized spacial score (nSPS) is 11.6. The monoisotopic (exact) mass is 368 g/mol. The maximum atomic E-state index is 10.7. The summed E-state index contributed by atoms with van der Waals surface area (Å²) < 4.78 is 58.8. The van der Waals surface area contributed by atoms with E-state index in [1.165, 1.54) is 9.13 Å². The first-order chi connectivity index (χ1) is 7.04. The van der Waals surface area contributed by atoms with Gasteiger partial charge in [-0.15, -0.1) is 0 Å². The lowest BCUT2D eigenvalue weighted by molar-refractivity contribution is -0.0510. The Morgan fingerprint density at radius 2 is 1.50 bits per heavy atom. The minimum atomic E-state index is -5.84. The third-order valence-corrected chi connectivity index (χ3v) is 2.61. The van der Waals surface area contributed by atoms with Crippen molar-refractivity contribution < 1.29 is 26.1 Å². The van der Waals surface area contributed by atoms with Crippen molar-refractivity contribution in [3.05, 3.63) is 33.4 Å². The van der Waals surface area contributed by atoms with Crippen LogP contribution in [0.2, 0.25) is 0 Å². The molecule has 1 N–H and O–H groups in total. The number of aryl methyl sites for hydroxylation is 1. The second-order valence-electron chi connectivity index (χ2n) is 2.72. The number of halogens is 4. The van der Waals surface area contributed by atoms with Crippen molar-refractivity contribution in [1.29, 1.82) is 0 Å². The smallest absolute Gasteiger partial charge is 0.279 e. The van der Waals surface area contributed by atoms with Gasteiger partial charge in [0.15, 0.2) is 0 Å². The Hall–Kier alpha value is -0.350. The highest BCUT2D eigenvalue weighted by molar-refractivity contribution is 14.1. The second-order valence-corrected chi connectivity index (χ2v) is 5.38. The topological polar surface area (TPSA) is 54.4 Å². The molecule has 0 aromatic heterocycles. The molecule has 0 amide bonds. The molecule has 0 saturated heterocycles. The van der Waals surface area contributed by atoms with Crippen LogP contribution in [0, 0.1) is 10.5 Å². The van der Waals surface area contributed by atoms with E-state index in [0.717, 1.165) is 0 Å². The maximum absolute atomic E-state index is 10.7. The standard InChI is InChI=1S/C7H7I.CHF3O3S/c1-6-2-4-7(8)5-3-6;2-1(3,4)8(5,6)7/h2-5H,1H3;(H,5,6,7). The molecule has 3 nitrogen and oxygen atoms in total. The summed E-state index contributed by atoms with van der Waals surface area (Å²) in [4.78, 5) is 0. The molecule has 1 aromatic rings. The fourth-order valence-corrected chi connectivity index (χ4v) is 0.893. The zero-order valence-corrected chi connectivity index (χ0v) is 11.0. The number of hydrogen-bond donors (Lipinski definition) is 1. The summed E-state index contributed by atoms with van der Waals surface area (Å²) >= 11 is 2.30. The molecule has 0 aliphatic carbocycles. The van der Waals surface area contributed by atoms with Gasteiger partial charge in [-0.3, -0.25) is 4.55 Å². The summed E-state index contributed by atoms with van der Waals surface area (Å²) in [7, 11) is -5.84. The van der Waals surface area contributed by atoms with Crippen molar-refractivity contribution in [3.8, 4) is 0 Å². The highest BCUT2D eigenvalue weighted by Gasteiger charge is 2.44. The molecule has 8 heteroatoms. The third kappa shape index (κ3) is 6.28. The van der Waals surface area contributed by atoms with Crippen LogP contribution in [0.1, 0.15) is 5.56 Å². The molecule has 1 aromatic carbocycles. The molecular formula is C8H8F3IO3S. The fourth-order valence-electron chi connectivity index (χ4n) is 0.533. The molecule has 0 unspecified atom stereocenters. The van der Waals surface area contributed by atoms with Gasteiger partial charge in [-0.2, -0.15) is 21.6 Å². The van der Waals surface area contributed by atoms with Crippen molar-refractivity contribution in [2.24, 2.45) is 0 Å². The van der Waals surface area contributed by atoms with Crippen molar-refractivity contribution in [3.63, 3.8) is 0 Å². The lowest BCUT2D eigenvalue weighted by Crippen LogP contribution is -2.21. The van der Waals surface area contributed by atoms with Crippen LogP contribution in [0.5, 0.6) is 0 Å². The minimum Gasteiger partial charge on any atom is -0.279 e. The maximum Gasteiger partial charge on any atom is 0.522 e. The Morgan fingerprint density at radius 1 is 1.19 bits per heavy atom. The van der Waals surface area contributed by atoms with E-state index in [-0.39, 0.29) is 0 Å². The summed E-state index contributed by atoms with van der Waals surface area (Å²) in [6.45, 7) is 2.09. The van der Waals surface area contributed by atoms with E-state index in [2.05, 4.69) is 53.8 Å². The minimum absolute atomic E-state index is 1.30. The van der Waals surface area contributed by atoms with Crippen LogP contribution >= 0.6 is 22.6 Å². The van der Waals surface area contributed by atoms with Crippen LogP contribution < -0.4 is 0 Å². The average molecular weight is 368 g/mol. The van der Waals surface area contributed by atoms with Gasteiger partial charge in [0.2, 0.25) is 0 Å². The Balaban J connectivity index is 0.000000281. The van der Waals surface area contributed by atoms with Crippen molar-refractivity contribution in [2.75, 3.05) is 0 Å². The molecule has 0 heterocycles. The zero-order valence-electron chi connectivity index (χ0n) is 7.99. The van der Waals surface area contributed by atoms with Gasteiger partial charge >= 0.3 is 15.6 Å². The van der Waals surface area contributed by atoms with Crippen molar-refractivity contribution in [2.45, 2.75) is 12.4 Å². The third-order valence-electron chi connectivity index (χ3n) is 1.30. The number of hydrogen-bond acceptors (Lipinski definition) is 2. The second kappa shape index (κ2) is 5.82. The van der Waals surface area contributed by atoms with Gasteiger partial charge in [-0.05, 0) is 41.6 Å². The lowest BCUT2D eigenvalue weighted by atomic mass is 10.2. The van der Waals surface area contributed by atoms with E-state index in [9.17, 15) is 13.2 Å². The Bertz CT molecular complexity index is 404. The molecule has 0 radical (unpaired) electrons. The Labute approximate surface area is 105 Å². The molecule has 1 rings (SSSR count). The van der Waals surface area contributed by atoms with Gasteiger partial charge in [0.1, 0.15) is 0 Å². The molecule has 0 aliphatic rings. The van der Waals surface area contributed by atoms with E-state index < -0.39 is 15.6 Å². The molecular weight excluding hydrogens is 360 g/mol. The zero-order chi connectivity index (χ0) is 13.0. The van der Waals surface area contributed by atoms with Crippen LogP contribution in [-0.4, -0.2) is 18.5 Å². The molecule has 0 aliphatic heterocycles. The molecule has 92 valence electrons. The van der Waals surface area contributed by atoms with Gasteiger partial charge in [-0.1, -0.05) is 17.7 Å². The van der Waals surface area contributed by atoms with Crippen LogP contribution in [0.15, 0.2) is 24.3 Å². The molecule has 0 saturated carbocycles. The number of rotatable bonds is 0. The summed E-state index contributed by atoms with van der Waals surface area (Å²) in [5.74, 6) is 0. The first kappa shape index (κ1) is 15.7. The Kier molecular flexibility index (Phi) is 5.70. The van der Waals surface area contributed by atoms with Crippen LogP contribution in [0.4, 0.5) is 13.2 Å². The molecule has 0 bridgehead atoms. The van der Waals surface area contributed by atoms with Gasteiger partial charge in [0.25, 0.3) is 0 Å². The predicted molar refractivity (Wildman–Crippen MR) is 61.5 cm³/mol. The Morgan fingerprint density at radius 3 is 1.69 bits per heavy atom. The fraction of sp³-hybridized carbons (Fsp3) is 0.250. The first-order valence-corrected chi connectivity index (χ1v) is 6.32. The van der Waals surface area contributed by atoms with Gasteiger partial charge < -0.3 is 0 Å². The summed E-state index contributed by atoms with van der Waals surface area (Å²) in [5, 5.41) is 0. The average Bonchev–Trinajstić information content (AvgIpc) is 2.08. The number of benzene rings is 1. The van der Waals surface area contributed by atoms with Gasteiger partial charge in [0.05, 0.1) is 0 Å². The van der Waals surface area contributed by atoms with E-state index in [1.807, 2.05) is 0 Å². The highest BCUT2D eigenvalue weighted by Crippen LogP contribution is 2.20. The van der Waals surface area contributed by atoms with E-state index >= 15 is 0 Å². The van der Waals surface area contributed by atoms with Gasteiger partial charge in [0, 0.05) is 3.57 Å². The number of alkyl halides is 3. The SMILES string of the molecule is Cc1ccc(I)cc1.O=S(=O)(O)C(F)(F)F.